The van der Waals surface area contributed by atoms with Crippen LogP contribution in [-0.4, -0.2) is 26.9 Å². The Bertz CT molecular complexity index is 392. The van der Waals surface area contributed by atoms with Crippen LogP contribution in [0.2, 0.25) is 0 Å². The van der Waals surface area contributed by atoms with Crippen molar-refractivity contribution < 1.29 is 4.79 Å². The van der Waals surface area contributed by atoms with E-state index in [1.165, 1.54) is 0 Å². The highest BCUT2D eigenvalue weighted by Crippen LogP contribution is 2.19. The second-order valence-electron chi connectivity index (χ2n) is 5.08. The summed E-state index contributed by atoms with van der Waals surface area (Å²) >= 11 is 4.74. The van der Waals surface area contributed by atoms with Crippen molar-refractivity contribution in [2.24, 2.45) is 5.92 Å². The van der Waals surface area contributed by atoms with Crippen LogP contribution in [0.5, 0.6) is 0 Å². The average Bonchev–Trinajstić information content (AvgIpc) is 2.73. The summed E-state index contributed by atoms with van der Waals surface area (Å²) in [7, 11) is 0. The summed E-state index contributed by atoms with van der Waals surface area (Å²) in [5.41, 5.74) is 0.785. The fourth-order valence-corrected chi connectivity index (χ4v) is 3.26. The van der Waals surface area contributed by atoms with Crippen molar-refractivity contribution in [3.8, 4) is 0 Å². The van der Waals surface area contributed by atoms with E-state index < -0.39 is 0 Å². The number of rotatable bonds is 6. The second-order valence-corrected chi connectivity index (χ2v) is 7.13. The lowest BCUT2D eigenvalue weighted by molar-refractivity contribution is 0.0956. The molecule has 18 heavy (non-hydrogen) atoms. The van der Waals surface area contributed by atoms with Gasteiger partial charge in [0.1, 0.15) is 4.88 Å². The predicted molar refractivity (Wildman–Crippen MR) is 78.5 cm³/mol. The molecule has 1 aromatic heterocycles. The average molecular weight is 334 g/mol. The van der Waals surface area contributed by atoms with Crippen LogP contribution in [0.25, 0.3) is 0 Å². The molecular formula is C12H20BrN3OS. The van der Waals surface area contributed by atoms with E-state index in [0.29, 0.717) is 22.2 Å². The molecule has 1 N–H and O–H groups in total. The smallest absolute Gasteiger partial charge is 0.264 e. The maximum absolute atomic E-state index is 12.0. The monoisotopic (exact) mass is 333 g/mol. The van der Waals surface area contributed by atoms with Gasteiger partial charge in [-0.3, -0.25) is 4.79 Å². The lowest BCUT2D eigenvalue weighted by atomic mass is 10.1. The normalized spacial score (nSPS) is 13.1. The van der Waals surface area contributed by atoms with E-state index in [1.807, 2.05) is 13.8 Å². The van der Waals surface area contributed by atoms with E-state index in [9.17, 15) is 4.79 Å². The molecule has 0 saturated carbocycles. The summed E-state index contributed by atoms with van der Waals surface area (Å²) in [6, 6.07) is 0. The molecule has 1 heterocycles. The minimum absolute atomic E-state index is 0.0677. The molecule has 0 spiro atoms. The largest absolute Gasteiger partial charge is 0.350 e. The molecule has 1 rings (SSSR count). The van der Waals surface area contributed by atoms with Crippen LogP contribution in [0.4, 0.5) is 0 Å². The number of halogens is 1. The summed E-state index contributed by atoms with van der Waals surface area (Å²) in [6.45, 7) is 8.99. The highest BCUT2D eigenvalue weighted by atomic mass is 79.9. The van der Waals surface area contributed by atoms with E-state index >= 15 is 0 Å². The lowest BCUT2D eigenvalue weighted by Crippen LogP contribution is -2.30. The van der Waals surface area contributed by atoms with Gasteiger partial charge in [0.15, 0.2) is 0 Å². The van der Waals surface area contributed by atoms with Gasteiger partial charge in [-0.1, -0.05) is 48.1 Å². The quantitative estimate of drug-likeness (QED) is 0.813. The van der Waals surface area contributed by atoms with Gasteiger partial charge in [-0.25, -0.2) is 0 Å². The maximum Gasteiger partial charge on any atom is 0.264 e. The molecule has 0 aliphatic rings. The Balaban J connectivity index is 2.53. The van der Waals surface area contributed by atoms with Crippen molar-refractivity contribution >= 4 is 33.4 Å². The van der Waals surface area contributed by atoms with Crippen LogP contribution in [0.15, 0.2) is 0 Å². The molecule has 0 aliphatic carbocycles. The van der Waals surface area contributed by atoms with Gasteiger partial charge in [0.25, 0.3) is 5.91 Å². The SMILES string of the molecule is CC(C)CC(Br)CNC(=O)c1snnc1C(C)C. The number of carbonyl (C=O) groups is 1. The van der Waals surface area contributed by atoms with Gasteiger partial charge in [-0.05, 0) is 29.8 Å². The number of nitrogens with zero attached hydrogens (tertiary/aromatic N) is 2. The molecule has 102 valence electrons. The van der Waals surface area contributed by atoms with Crippen LogP contribution in [0, 0.1) is 5.92 Å². The van der Waals surface area contributed by atoms with Gasteiger partial charge in [0.05, 0.1) is 5.69 Å². The zero-order valence-electron chi connectivity index (χ0n) is 11.2. The van der Waals surface area contributed by atoms with Crippen LogP contribution in [0.1, 0.15) is 55.4 Å². The zero-order valence-corrected chi connectivity index (χ0v) is 13.6. The van der Waals surface area contributed by atoms with E-state index in [-0.39, 0.29) is 11.8 Å². The molecule has 0 radical (unpaired) electrons. The number of carbonyl (C=O) groups excluding carboxylic acids is 1. The summed E-state index contributed by atoms with van der Waals surface area (Å²) in [5.74, 6) is 0.768. The van der Waals surface area contributed by atoms with E-state index in [2.05, 4.69) is 44.7 Å². The molecule has 4 nitrogen and oxygen atoms in total. The Morgan fingerprint density at radius 3 is 2.61 bits per heavy atom. The fraction of sp³-hybridized carbons (Fsp3) is 0.750. The molecule has 6 heteroatoms. The standard InChI is InChI=1S/C12H20BrN3OS/c1-7(2)5-9(13)6-14-12(17)11-10(8(3)4)15-16-18-11/h7-9H,5-6H2,1-4H3,(H,14,17). The Morgan fingerprint density at radius 2 is 2.06 bits per heavy atom. The summed E-state index contributed by atoms with van der Waals surface area (Å²) in [6.07, 6.45) is 1.04. The molecule has 1 aromatic rings. The molecule has 1 atom stereocenters. The number of hydrogen-bond donors (Lipinski definition) is 1. The first kappa shape index (κ1) is 15.6. The van der Waals surface area contributed by atoms with E-state index in [1.54, 1.807) is 0 Å². The van der Waals surface area contributed by atoms with Crippen molar-refractivity contribution in [1.29, 1.82) is 0 Å². The minimum Gasteiger partial charge on any atom is -0.350 e. The summed E-state index contributed by atoms with van der Waals surface area (Å²) in [5, 5.41) is 6.94. The molecular weight excluding hydrogens is 314 g/mol. The van der Waals surface area contributed by atoms with Crippen molar-refractivity contribution in [3.63, 3.8) is 0 Å². The van der Waals surface area contributed by atoms with Gasteiger partial charge in [-0.15, -0.1) is 5.10 Å². The Kier molecular flexibility index (Phi) is 6.21. The topological polar surface area (TPSA) is 54.9 Å². The fourth-order valence-electron chi connectivity index (χ4n) is 1.61. The Morgan fingerprint density at radius 1 is 1.39 bits per heavy atom. The van der Waals surface area contributed by atoms with Crippen molar-refractivity contribution in [3.05, 3.63) is 10.6 Å². The van der Waals surface area contributed by atoms with Gasteiger partial charge in [-0.2, -0.15) is 0 Å². The Labute approximate surface area is 121 Å². The third-order valence-corrected chi connectivity index (χ3v) is 3.92. The van der Waals surface area contributed by atoms with Gasteiger partial charge in [0, 0.05) is 11.4 Å². The van der Waals surface area contributed by atoms with Crippen LogP contribution in [-0.2, 0) is 0 Å². The highest BCUT2D eigenvalue weighted by Gasteiger charge is 2.19. The van der Waals surface area contributed by atoms with Gasteiger partial charge < -0.3 is 5.32 Å². The molecule has 0 aromatic carbocycles. The third kappa shape index (κ3) is 4.65. The maximum atomic E-state index is 12.0. The first-order valence-electron chi connectivity index (χ1n) is 6.16. The molecule has 0 aliphatic heterocycles. The third-order valence-electron chi connectivity index (χ3n) is 2.48. The molecule has 0 fully saturated rings. The van der Waals surface area contributed by atoms with Crippen LogP contribution < -0.4 is 5.32 Å². The van der Waals surface area contributed by atoms with Gasteiger partial charge >= 0.3 is 0 Å². The molecule has 1 amide bonds. The van der Waals surface area contributed by atoms with Crippen molar-refractivity contribution in [2.75, 3.05) is 6.54 Å². The number of nitrogens with one attached hydrogen (secondary N) is 1. The second kappa shape index (κ2) is 7.19. The van der Waals surface area contributed by atoms with Crippen LogP contribution in [0.3, 0.4) is 0 Å². The van der Waals surface area contributed by atoms with E-state index in [4.69, 9.17) is 0 Å². The van der Waals surface area contributed by atoms with Crippen molar-refractivity contribution in [1.82, 2.24) is 14.9 Å². The Hall–Kier alpha value is -0.490. The number of amides is 1. The minimum atomic E-state index is -0.0677. The molecule has 0 saturated heterocycles. The number of hydrogen-bond acceptors (Lipinski definition) is 4. The number of alkyl halides is 1. The zero-order chi connectivity index (χ0) is 13.7. The van der Waals surface area contributed by atoms with E-state index in [0.717, 1.165) is 23.6 Å². The lowest BCUT2D eigenvalue weighted by Gasteiger charge is -2.13. The predicted octanol–water partition coefficient (Wildman–Crippen LogP) is 3.20. The molecule has 1 unspecified atom stereocenters. The first-order valence-corrected chi connectivity index (χ1v) is 7.85. The van der Waals surface area contributed by atoms with Crippen LogP contribution >= 0.6 is 27.5 Å². The summed E-state index contributed by atoms with van der Waals surface area (Å²) in [4.78, 5) is 13.0. The van der Waals surface area contributed by atoms with Gasteiger partial charge in [0.2, 0.25) is 0 Å². The number of aromatic nitrogens is 2. The highest BCUT2D eigenvalue weighted by molar-refractivity contribution is 9.09. The summed E-state index contributed by atoms with van der Waals surface area (Å²) < 4.78 is 3.86. The van der Waals surface area contributed by atoms with Crippen molar-refractivity contribution in [2.45, 2.75) is 44.9 Å². The first-order chi connectivity index (χ1) is 8.41. The molecule has 0 bridgehead atoms.